The van der Waals surface area contributed by atoms with Crippen LogP contribution in [-0.2, 0) is 9.59 Å². The van der Waals surface area contributed by atoms with Crippen LogP contribution < -0.4 is 0 Å². The highest BCUT2D eigenvalue weighted by Gasteiger charge is 2.42. The van der Waals surface area contributed by atoms with E-state index in [1.807, 2.05) is 0 Å². The maximum Gasteiger partial charge on any atom is 0.391 e. The Bertz CT molecular complexity index is 336. The molecular formula is C12H18F3NO3. The zero-order valence-electron chi connectivity index (χ0n) is 10.7. The number of carboxylic acid groups (broad SMARTS) is 1. The molecule has 0 atom stereocenters. The lowest BCUT2D eigenvalue weighted by Gasteiger charge is -2.31. The van der Waals surface area contributed by atoms with E-state index in [9.17, 15) is 22.8 Å². The van der Waals surface area contributed by atoms with Crippen molar-refractivity contribution in [2.45, 2.75) is 38.3 Å². The van der Waals surface area contributed by atoms with Crippen molar-refractivity contribution >= 4 is 11.9 Å². The lowest BCUT2D eigenvalue weighted by molar-refractivity contribution is -0.185. The zero-order chi connectivity index (χ0) is 14.6. The minimum atomic E-state index is -4.18. The Morgan fingerprint density at radius 2 is 1.74 bits per heavy atom. The van der Waals surface area contributed by atoms with Gasteiger partial charge in [-0.2, -0.15) is 13.2 Å². The first kappa shape index (κ1) is 15.8. The van der Waals surface area contributed by atoms with Crippen LogP contribution in [-0.4, -0.2) is 41.7 Å². The Hall–Kier alpha value is -1.27. The molecule has 1 rings (SSSR count). The number of hydrogen-bond donors (Lipinski definition) is 1. The van der Waals surface area contributed by atoms with Crippen LogP contribution in [0.4, 0.5) is 13.2 Å². The molecule has 1 fully saturated rings. The van der Waals surface area contributed by atoms with E-state index < -0.39 is 24.0 Å². The second-order valence-electron chi connectivity index (χ2n) is 4.99. The highest BCUT2D eigenvalue weighted by Crippen LogP contribution is 2.39. The van der Waals surface area contributed by atoms with Gasteiger partial charge in [0.2, 0.25) is 5.91 Å². The largest absolute Gasteiger partial charge is 0.481 e. The molecule has 1 aliphatic rings. The number of halogens is 3. The van der Waals surface area contributed by atoms with Gasteiger partial charge >= 0.3 is 12.1 Å². The Morgan fingerprint density at radius 1 is 1.21 bits per heavy atom. The fraction of sp³-hybridized carbons (Fsp3) is 0.833. The van der Waals surface area contributed by atoms with E-state index in [2.05, 4.69) is 0 Å². The summed E-state index contributed by atoms with van der Waals surface area (Å²) in [4.78, 5) is 23.6. The van der Waals surface area contributed by atoms with Gasteiger partial charge in [-0.25, -0.2) is 0 Å². The molecule has 0 saturated heterocycles. The van der Waals surface area contributed by atoms with Crippen molar-refractivity contribution in [2.75, 3.05) is 13.6 Å². The molecule has 1 N–H and O–H groups in total. The number of aliphatic carboxylic acids is 1. The molecule has 0 aromatic rings. The van der Waals surface area contributed by atoms with Gasteiger partial charge in [0.1, 0.15) is 0 Å². The summed E-state index contributed by atoms with van der Waals surface area (Å²) in [5.74, 6) is -2.96. The summed E-state index contributed by atoms with van der Waals surface area (Å²) < 4.78 is 37.4. The van der Waals surface area contributed by atoms with Crippen molar-refractivity contribution in [3.63, 3.8) is 0 Å². The Balaban J connectivity index is 2.42. The summed E-state index contributed by atoms with van der Waals surface area (Å²) in [6, 6.07) is 0. The molecule has 110 valence electrons. The van der Waals surface area contributed by atoms with Crippen LogP contribution in [0.15, 0.2) is 0 Å². The van der Waals surface area contributed by atoms with Gasteiger partial charge in [0.25, 0.3) is 0 Å². The normalized spacial score (nSPS) is 24.0. The molecule has 1 saturated carbocycles. The van der Waals surface area contributed by atoms with Crippen LogP contribution in [0.5, 0.6) is 0 Å². The van der Waals surface area contributed by atoms with Crippen molar-refractivity contribution in [1.29, 1.82) is 0 Å². The first-order valence-corrected chi connectivity index (χ1v) is 6.25. The van der Waals surface area contributed by atoms with Gasteiger partial charge in [-0.15, -0.1) is 0 Å². The number of nitrogens with zero attached hydrogens (tertiary/aromatic N) is 1. The number of carbonyl (C=O) groups excluding carboxylic acids is 1. The molecule has 0 radical (unpaired) electrons. The van der Waals surface area contributed by atoms with Crippen molar-refractivity contribution < 1.29 is 27.9 Å². The second kappa shape index (κ2) is 6.25. The highest BCUT2D eigenvalue weighted by atomic mass is 19.4. The van der Waals surface area contributed by atoms with E-state index in [-0.39, 0.29) is 44.6 Å². The molecule has 0 aromatic carbocycles. The van der Waals surface area contributed by atoms with Gasteiger partial charge in [0, 0.05) is 19.5 Å². The monoisotopic (exact) mass is 281 g/mol. The summed E-state index contributed by atoms with van der Waals surface area (Å²) in [7, 11) is 1.49. The van der Waals surface area contributed by atoms with Crippen molar-refractivity contribution in [2.24, 2.45) is 11.8 Å². The predicted molar refractivity (Wildman–Crippen MR) is 61.4 cm³/mol. The van der Waals surface area contributed by atoms with E-state index in [0.29, 0.717) is 0 Å². The minimum absolute atomic E-state index is 0.0212. The predicted octanol–water partition coefficient (Wildman–Crippen LogP) is 2.29. The van der Waals surface area contributed by atoms with Gasteiger partial charge in [-0.05, 0) is 25.7 Å². The number of carbonyl (C=O) groups is 2. The van der Waals surface area contributed by atoms with Crippen molar-refractivity contribution in [1.82, 2.24) is 4.90 Å². The number of carboxylic acids is 1. The molecular weight excluding hydrogens is 263 g/mol. The van der Waals surface area contributed by atoms with Crippen LogP contribution in [0, 0.1) is 11.8 Å². The third kappa shape index (κ3) is 4.72. The van der Waals surface area contributed by atoms with Gasteiger partial charge in [0.15, 0.2) is 0 Å². The average Bonchev–Trinajstić information content (AvgIpc) is 2.34. The smallest absolute Gasteiger partial charge is 0.391 e. The summed E-state index contributed by atoms with van der Waals surface area (Å²) >= 11 is 0. The highest BCUT2D eigenvalue weighted by molar-refractivity contribution is 5.79. The average molecular weight is 281 g/mol. The van der Waals surface area contributed by atoms with E-state index in [1.165, 1.54) is 11.9 Å². The molecule has 1 amide bonds. The van der Waals surface area contributed by atoms with Crippen LogP contribution in [0.25, 0.3) is 0 Å². The molecule has 0 heterocycles. The van der Waals surface area contributed by atoms with E-state index in [4.69, 9.17) is 5.11 Å². The zero-order valence-corrected chi connectivity index (χ0v) is 10.7. The lowest BCUT2D eigenvalue weighted by Crippen LogP contribution is -2.38. The summed E-state index contributed by atoms with van der Waals surface area (Å²) in [5, 5.41) is 8.52. The topological polar surface area (TPSA) is 57.6 Å². The number of amides is 1. The molecule has 0 bridgehead atoms. The first-order chi connectivity index (χ1) is 8.71. The molecule has 0 aliphatic heterocycles. The van der Waals surface area contributed by atoms with Crippen LogP contribution in [0.3, 0.4) is 0 Å². The molecule has 0 spiro atoms. The fourth-order valence-corrected chi connectivity index (χ4v) is 2.35. The number of rotatable bonds is 4. The maximum atomic E-state index is 12.5. The fourth-order valence-electron chi connectivity index (χ4n) is 2.35. The number of alkyl halides is 3. The van der Waals surface area contributed by atoms with E-state index in [1.54, 1.807) is 0 Å². The third-order valence-electron chi connectivity index (χ3n) is 3.58. The molecule has 0 aromatic heterocycles. The standard InChI is InChI=1S/C12H18F3NO3/c1-16(7-6-10(17)18)11(19)8-2-4-9(5-3-8)12(13,14)15/h8-9H,2-7H2,1H3,(H,17,18). The Morgan fingerprint density at radius 3 is 2.16 bits per heavy atom. The van der Waals surface area contributed by atoms with Crippen LogP contribution in [0.1, 0.15) is 32.1 Å². The number of hydrogen-bond acceptors (Lipinski definition) is 2. The SMILES string of the molecule is CN(CCC(=O)O)C(=O)C1CCC(C(F)(F)F)CC1. The Labute approximate surface area is 109 Å². The van der Waals surface area contributed by atoms with Crippen LogP contribution in [0.2, 0.25) is 0 Å². The van der Waals surface area contributed by atoms with Crippen molar-refractivity contribution in [3.8, 4) is 0 Å². The third-order valence-corrected chi connectivity index (χ3v) is 3.58. The lowest BCUT2D eigenvalue weighted by atomic mass is 9.81. The summed E-state index contributed by atoms with van der Waals surface area (Å²) in [5.41, 5.74) is 0. The quantitative estimate of drug-likeness (QED) is 0.860. The van der Waals surface area contributed by atoms with E-state index >= 15 is 0 Å². The molecule has 7 heteroatoms. The molecule has 19 heavy (non-hydrogen) atoms. The summed E-state index contributed by atoms with van der Waals surface area (Å²) in [6.45, 7) is 0.0906. The molecule has 0 unspecified atom stereocenters. The Kier molecular flexibility index (Phi) is 5.20. The van der Waals surface area contributed by atoms with Gasteiger partial charge in [-0.3, -0.25) is 9.59 Å². The second-order valence-corrected chi connectivity index (χ2v) is 4.99. The van der Waals surface area contributed by atoms with Gasteiger partial charge in [-0.1, -0.05) is 0 Å². The summed E-state index contributed by atoms with van der Waals surface area (Å²) in [6.07, 6.45) is -3.93. The molecule has 1 aliphatic carbocycles. The van der Waals surface area contributed by atoms with Gasteiger partial charge in [0.05, 0.1) is 12.3 Å². The van der Waals surface area contributed by atoms with Gasteiger partial charge < -0.3 is 10.0 Å². The molecule has 4 nitrogen and oxygen atoms in total. The maximum absolute atomic E-state index is 12.5. The van der Waals surface area contributed by atoms with E-state index in [0.717, 1.165) is 0 Å². The van der Waals surface area contributed by atoms with Crippen molar-refractivity contribution in [3.05, 3.63) is 0 Å². The minimum Gasteiger partial charge on any atom is -0.481 e. The van der Waals surface area contributed by atoms with Crippen LogP contribution >= 0.6 is 0 Å². The first-order valence-electron chi connectivity index (χ1n) is 6.25.